The number of ether oxygens (including phenoxy) is 3. The van der Waals surface area contributed by atoms with Gasteiger partial charge in [-0.3, -0.25) is 5.10 Å². The Balaban J connectivity index is 1.61. The third-order valence-electron chi connectivity index (χ3n) is 3.89. The van der Waals surface area contributed by atoms with Gasteiger partial charge in [0.2, 0.25) is 0 Å². The summed E-state index contributed by atoms with van der Waals surface area (Å²) in [5.74, 6) is 2.16. The van der Waals surface area contributed by atoms with Crippen LogP contribution in [0.25, 0.3) is 22.8 Å². The molecule has 0 unspecified atom stereocenters. The molecule has 1 aromatic heterocycles. The SMILES string of the molecule is COc1ccc(-c2nc(-c3cccc(C4OCCO4)c3)n[nH]2)cc1. The van der Waals surface area contributed by atoms with Gasteiger partial charge in [-0.2, -0.15) is 5.10 Å². The van der Waals surface area contributed by atoms with E-state index in [1.807, 2.05) is 48.5 Å². The van der Waals surface area contributed by atoms with Crippen LogP contribution in [0.3, 0.4) is 0 Å². The number of hydrogen-bond acceptors (Lipinski definition) is 5. The lowest BCUT2D eigenvalue weighted by atomic mass is 10.1. The largest absolute Gasteiger partial charge is 0.497 e. The smallest absolute Gasteiger partial charge is 0.184 e. The van der Waals surface area contributed by atoms with Gasteiger partial charge in [-0.05, 0) is 30.3 Å². The van der Waals surface area contributed by atoms with Crippen LogP contribution >= 0.6 is 0 Å². The van der Waals surface area contributed by atoms with Gasteiger partial charge >= 0.3 is 0 Å². The zero-order valence-electron chi connectivity index (χ0n) is 13.2. The van der Waals surface area contributed by atoms with Crippen molar-refractivity contribution in [1.29, 1.82) is 0 Å². The summed E-state index contributed by atoms with van der Waals surface area (Å²) in [5, 5.41) is 7.31. The first-order chi connectivity index (χ1) is 11.8. The molecule has 2 aromatic carbocycles. The summed E-state index contributed by atoms with van der Waals surface area (Å²) < 4.78 is 16.3. The maximum atomic E-state index is 5.54. The van der Waals surface area contributed by atoms with Gasteiger partial charge in [0.15, 0.2) is 17.9 Å². The normalized spacial score (nSPS) is 14.9. The maximum absolute atomic E-state index is 5.54. The summed E-state index contributed by atoms with van der Waals surface area (Å²) >= 11 is 0. The fourth-order valence-corrected chi connectivity index (χ4v) is 2.64. The Morgan fingerprint density at radius 1 is 1.04 bits per heavy atom. The number of nitrogens with zero attached hydrogens (tertiary/aromatic N) is 2. The summed E-state index contributed by atoms with van der Waals surface area (Å²) in [6.45, 7) is 1.24. The molecule has 0 bridgehead atoms. The number of rotatable bonds is 4. The van der Waals surface area contributed by atoms with Gasteiger partial charge in [-0.15, -0.1) is 0 Å². The average Bonchev–Trinajstić information content (AvgIpc) is 3.34. The monoisotopic (exact) mass is 323 g/mol. The molecular formula is C18H17N3O3. The highest BCUT2D eigenvalue weighted by Crippen LogP contribution is 2.27. The Kier molecular flexibility index (Phi) is 3.98. The molecule has 0 spiro atoms. The van der Waals surface area contributed by atoms with Crippen LogP contribution in [0.4, 0.5) is 0 Å². The molecule has 0 aliphatic carbocycles. The molecule has 0 atom stereocenters. The average molecular weight is 323 g/mol. The van der Waals surface area contributed by atoms with Crippen molar-refractivity contribution in [3.05, 3.63) is 54.1 Å². The van der Waals surface area contributed by atoms with E-state index in [1.165, 1.54) is 0 Å². The molecule has 1 aliphatic rings. The van der Waals surface area contributed by atoms with Crippen LogP contribution in [0.15, 0.2) is 48.5 Å². The van der Waals surface area contributed by atoms with Gasteiger partial charge in [-0.25, -0.2) is 4.98 Å². The van der Waals surface area contributed by atoms with Gasteiger partial charge in [-0.1, -0.05) is 18.2 Å². The molecule has 1 fully saturated rings. The van der Waals surface area contributed by atoms with E-state index in [2.05, 4.69) is 15.2 Å². The van der Waals surface area contributed by atoms with Crippen LogP contribution in [0.5, 0.6) is 5.75 Å². The zero-order chi connectivity index (χ0) is 16.4. The number of methoxy groups -OCH3 is 1. The highest BCUT2D eigenvalue weighted by Gasteiger charge is 2.19. The van der Waals surface area contributed by atoms with E-state index in [9.17, 15) is 0 Å². The van der Waals surface area contributed by atoms with Crippen molar-refractivity contribution in [3.63, 3.8) is 0 Å². The molecule has 24 heavy (non-hydrogen) atoms. The van der Waals surface area contributed by atoms with Crippen molar-refractivity contribution in [3.8, 4) is 28.5 Å². The van der Waals surface area contributed by atoms with Crippen LogP contribution in [0, 0.1) is 0 Å². The zero-order valence-corrected chi connectivity index (χ0v) is 13.2. The fraction of sp³-hybridized carbons (Fsp3) is 0.222. The summed E-state index contributed by atoms with van der Waals surface area (Å²) in [6, 6.07) is 15.6. The van der Waals surface area contributed by atoms with Gasteiger partial charge in [0.25, 0.3) is 0 Å². The molecule has 1 N–H and O–H groups in total. The van der Waals surface area contributed by atoms with E-state index in [4.69, 9.17) is 14.2 Å². The van der Waals surface area contributed by atoms with Gasteiger partial charge in [0.05, 0.1) is 20.3 Å². The number of aromatic amines is 1. The third kappa shape index (κ3) is 2.89. The molecule has 3 aromatic rings. The molecule has 122 valence electrons. The van der Waals surface area contributed by atoms with E-state index in [1.54, 1.807) is 7.11 Å². The van der Waals surface area contributed by atoms with Crippen LogP contribution in [0.1, 0.15) is 11.9 Å². The minimum Gasteiger partial charge on any atom is -0.497 e. The number of aromatic nitrogens is 3. The second kappa shape index (κ2) is 6.43. The molecule has 4 rings (SSSR count). The molecule has 0 saturated carbocycles. The Bertz CT molecular complexity index is 824. The topological polar surface area (TPSA) is 69.3 Å². The summed E-state index contributed by atoms with van der Waals surface area (Å²) in [7, 11) is 1.65. The predicted octanol–water partition coefficient (Wildman–Crippen LogP) is 3.19. The standard InChI is InChI=1S/C18H17N3O3/c1-22-15-7-5-12(6-8-15)16-19-17(21-20-16)13-3-2-4-14(11-13)18-23-9-10-24-18/h2-8,11,18H,9-10H2,1H3,(H,19,20,21). The highest BCUT2D eigenvalue weighted by molar-refractivity contribution is 5.62. The summed E-state index contributed by atoms with van der Waals surface area (Å²) in [4.78, 5) is 4.58. The van der Waals surface area contributed by atoms with E-state index in [0.717, 1.165) is 22.4 Å². The molecule has 2 heterocycles. The number of hydrogen-bond donors (Lipinski definition) is 1. The van der Waals surface area contributed by atoms with Crippen LogP contribution in [0.2, 0.25) is 0 Å². The van der Waals surface area contributed by atoms with E-state index < -0.39 is 0 Å². The minimum atomic E-state index is -0.301. The third-order valence-corrected chi connectivity index (χ3v) is 3.89. The van der Waals surface area contributed by atoms with E-state index in [0.29, 0.717) is 24.9 Å². The van der Waals surface area contributed by atoms with E-state index in [-0.39, 0.29) is 6.29 Å². The molecular weight excluding hydrogens is 306 g/mol. The molecule has 1 saturated heterocycles. The van der Waals surface area contributed by atoms with Gasteiger partial charge in [0.1, 0.15) is 5.75 Å². The Labute approximate surface area is 139 Å². The summed E-state index contributed by atoms with van der Waals surface area (Å²) in [6.07, 6.45) is -0.301. The summed E-state index contributed by atoms with van der Waals surface area (Å²) in [5.41, 5.74) is 2.84. The van der Waals surface area contributed by atoms with Crippen molar-refractivity contribution >= 4 is 0 Å². The molecule has 6 heteroatoms. The van der Waals surface area contributed by atoms with Crippen molar-refractivity contribution in [1.82, 2.24) is 15.2 Å². The van der Waals surface area contributed by atoms with Crippen molar-refractivity contribution in [2.24, 2.45) is 0 Å². The quantitative estimate of drug-likeness (QED) is 0.798. The number of H-pyrrole nitrogens is 1. The highest BCUT2D eigenvalue weighted by atomic mass is 16.7. The molecule has 0 radical (unpaired) electrons. The molecule has 6 nitrogen and oxygen atoms in total. The lowest BCUT2D eigenvalue weighted by Gasteiger charge is -2.09. The van der Waals surface area contributed by atoms with Crippen LogP contribution in [-0.4, -0.2) is 35.5 Å². The first kappa shape index (κ1) is 14.9. The first-order valence-electron chi connectivity index (χ1n) is 7.74. The van der Waals surface area contributed by atoms with Crippen molar-refractivity contribution in [2.45, 2.75) is 6.29 Å². The Morgan fingerprint density at radius 3 is 2.58 bits per heavy atom. The minimum absolute atomic E-state index is 0.301. The van der Waals surface area contributed by atoms with E-state index >= 15 is 0 Å². The first-order valence-corrected chi connectivity index (χ1v) is 7.74. The van der Waals surface area contributed by atoms with Crippen LogP contribution < -0.4 is 4.74 Å². The van der Waals surface area contributed by atoms with Crippen LogP contribution in [-0.2, 0) is 9.47 Å². The van der Waals surface area contributed by atoms with Gasteiger partial charge < -0.3 is 14.2 Å². The second-order valence-electron chi connectivity index (χ2n) is 5.44. The molecule has 1 aliphatic heterocycles. The number of benzene rings is 2. The Hall–Kier alpha value is -2.70. The fourth-order valence-electron chi connectivity index (χ4n) is 2.64. The Morgan fingerprint density at radius 2 is 1.83 bits per heavy atom. The van der Waals surface area contributed by atoms with Crippen molar-refractivity contribution < 1.29 is 14.2 Å². The second-order valence-corrected chi connectivity index (χ2v) is 5.44. The molecule has 0 amide bonds. The van der Waals surface area contributed by atoms with Crippen molar-refractivity contribution in [2.75, 3.05) is 20.3 Å². The maximum Gasteiger partial charge on any atom is 0.184 e. The number of nitrogens with one attached hydrogen (secondary N) is 1. The lowest BCUT2D eigenvalue weighted by molar-refractivity contribution is -0.0440. The predicted molar refractivity (Wildman–Crippen MR) is 88.5 cm³/mol. The van der Waals surface area contributed by atoms with Gasteiger partial charge in [0, 0.05) is 16.7 Å². The lowest BCUT2D eigenvalue weighted by Crippen LogP contribution is -1.98.